The van der Waals surface area contributed by atoms with E-state index in [1.165, 1.54) is 24.3 Å². The highest BCUT2D eigenvalue weighted by Gasteiger charge is 2.57. The fourth-order valence-corrected chi connectivity index (χ4v) is 6.40. The molecule has 2 saturated heterocycles. The Bertz CT molecular complexity index is 1770. The number of nitrogens with zero attached hydrogens (tertiary/aromatic N) is 5. The van der Waals surface area contributed by atoms with Gasteiger partial charge in [0.1, 0.15) is 18.2 Å². The Hall–Kier alpha value is -4.56. The number of anilines is 1. The number of hydrogen-bond donors (Lipinski definition) is 1. The van der Waals surface area contributed by atoms with Crippen LogP contribution in [0.1, 0.15) is 58.9 Å². The predicted octanol–water partition coefficient (Wildman–Crippen LogP) is 5.42. The van der Waals surface area contributed by atoms with Crippen LogP contribution in [-0.2, 0) is 17.9 Å². The second-order valence-corrected chi connectivity index (χ2v) is 11.6. The van der Waals surface area contributed by atoms with E-state index in [2.05, 4.69) is 9.55 Å². The summed E-state index contributed by atoms with van der Waals surface area (Å²) < 4.78 is 42.7. The highest BCUT2D eigenvalue weighted by molar-refractivity contribution is 5.92. The first-order valence-corrected chi connectivity index (χ1v) is 14.4. The summed E-state index contributed by atoms with van der Waals surface area (Å²) in [5.41, 5.74) is 2.37. The number of piperidine rings is 1. The lowest BCUT2D eigenvalue weighted by atomic mass is 9.90. The molecule has 0 bridgehead atoms. The number of fused-ring (bicyclic) bond motifs is 1. The Morgan fingerprint density at radius 3 is 2.63 bits per heavy atom. The SMILES string of the molecule is N#Cc1ccc(COc2ccc(F)c(N3CCC4(CC3)CC4c3nc4ccc(C(=O)O)cc4n3C[C@@H]3CCO3)n2)c(F)c1. The third-order valence-electron chi connectivity index (χ3n) is 9.12. The Kier molecular flexibility index (Phi) is 6.73. The van der Waals surface area contributed by atoms with Crippen LogP contribution in [0.4, 0.5) is 14.6 Å². The number of imidazole rings is 1. The summed E-state index contributed by atoms with van der Waals surface area (Å²) in [7, 11) is 0. The molecule has 1 aliphatic carbocycles. The smallest absolute Gasteiger partial charge is 0.335 e. The monoisotopic (exact) mass is 585 g/mol. The van der Waals surface area contributed by atoms with Crippen molar-refractivity contribution in [2.75, 3.05) is 24.6 Å². The average molecular weight is 586 g/mol. The van der Waals surface area contributed by atoms with Crippen LogP contribution in [0.2, 0.25) is 0 Å². The van der Waals surface area contributed by atoms with Crippen LogP contribution < -0.4 is 9.64 Å². The van der Waals surface area contributed by atoms with E-state index in [1.54, 1.807) is 18.2 Å². The van der Waals surface area contributed by atoms with Crippen LogP contribution in [0, 0.1) is 28.4 Å². The Morgan fingerprint density at radius 2 is 1.93 bits per heavy atom. The quantitative estimate of drug-likeness (QED) is 0.292. The molecule has 4 heterocycles. The van der Waals surface area contributed by atoms with E-state index in [4.69, 9.17) is 19.7 Å². The molecule has 43 heavy (non-hydrogen) atoms. The minimum Gasteiger partial charge on any atom is -0.478 e. The van der Waals surface area contributed by atoms with Crippen LogP contribution in [-0.4, -0.2) is 51.4 Å². The van der Waals surface area contributed by atoms with Crippen molar-refractivity contribution < 1.29 is 28.2 Å². The van der Waals surface area contributed by atoms with Crippen LogP contribution >= 0.6 is 0 Å². The molecular formula is C32H29F2N5O4. The van der Waals surface area contributed by atoms with Gasteiger partial charge in [-0.25, -0.2) is 18.6 Å². The van der Waals surface area contributed by atoms with Crippen molar-refractivity contribution in [3.05, 3.63) is 82.7 Å². The number of halogens is 2. The molecule has 2 aliphatic heterocycles. The first-order chi connectivity index (χ1) is 20.8. The molecule has 2 aromatic heterocycles. The molecule has 0 radical (unpaired) electrons. The Labute approximate surface area is 246 Å². The van der Waals surface area contributed by atoms with Gasteiger partial charge in [0.15, 0.2) is 11.6 Å². The van der Waals surface area contributed by atoms with Gasteiger partial charge in [-0.3, -0.25) is 0 Å². The molecule has 2 atom stereocenters. The van der Waals surface area contributed by atoms with Gasteiger partial charge in [-0.05, 0) is 67.5 Å². The van der Waals surface area contributed by atoms with Gasteiger partial charge in [-0.2, -0.15) is 10.2 Å². The first-order valence-electron chi connectivity index (χ1n) is 14.4. The number of aromatic carboxylic acids is 1. The second-order valence-electron chi connectivity index (χ2n) is 11.6. The summed E-state index contributed by atoms with van der Waals surface area (Å²) in [4.78, 5) is 23.0. The van der Waals surface area contributed by atoms with Gasteiger partial charge in [0.2, 0.25) is 5.88 Å². The number of carboxylic acid groups (broad SMARTS) is 1. The maximum absolute atomic E-state index is 14.9. The molecule has 1 unspecified atom stereocenters. The van der Waals surface area contributed by atoms with Crippen LogP contribution in [0.15, 0.2) is 48.5 Å². The minimum absolute atomic E-state index is 0.0451. The highest BCUT2D eigenvalue weighted by Crippen LogP contribution is 2.65. The van der Waals surface area contributed by atoms with Crippen molar-refractivity contribution in [3.8, 4) is 11.9 Å². The van der Waals surface area contributed by atoms with Gasteiger partial charge in [0.05, 0.1) is 40.9 Å². The van der Waals surface area contributed by atoms with Crippen molar-refractivity contribution in [1.82, 2.24) is 14.5 Å². The summed E-state index contributed by atoms with van der Waals surface area (Å²) in [6.45, 7) is 2.51. The zero-order valence-corrected chi connectivity index (χ0v) is 23.3. The van der Waals surface area contributed by atoms with E-state index in [0.717, 1.165) is 55.2 Å². The molecule has 1 N–H and O–H groups in total. The van der Waals surface area contributed by atoms with Crippen molar-refractivity contribution in [2.45, 2.75) is 50.9 Å². The predicted molar refractivity (Wildman–Crippen MR) is 152 cm³/mol. The van der Waals surface area contributed by atoms with E-state index in [0.29, 0.717) is 19.6 Å². The number of rotatable bonds is 8. The van der Waals surface area contributed by atoms with Gasteiger partial charge in [-0.1, -0.05) is 6.07 Å². The number of ether oxygens (including phenoxy) is 2. The summed E-state index contributed by atoms with van der Waals surface area (Å²) >= 11 is 0. The van der Waals surface area contributed by atoms with E-state index < -0.39 is 17.6 Å². The Morgan fingerprint density at radius 1 is 1.12 bits per heavy atom. The maximum Gasteiger partial charge on any atom is 0.335 e. The Balaban J connectivity index is 1.06. The first kappa shape index (κ1) is 27.3. The zero-order valence-electron chi connectivity index (χ0n) is 23.3. The standard InChI is InChI=1S/C32H29F2N5O4/c33-24-4-6-28(43-18-21-2-1-19(16-35)13-25(21)34)37-30(24)38-10-8-32(9-11-38)15-23(32)29-36-26-5-3-20(31(40)41)14-27(26)39(29)17-22-7-12-42-22/h1-6,13-14,22-23H,7-12,15,17-18H2,(H,40,41)/t22-,23?/m0/s1. The molecule has 11 heteroatoms. The van der Waals surface area contributed by atoms with Crippen LogP contribution in [0.25, 0.3) is 11.0 Å². The van der Waals surface area contributed by atoms with Gasteiger partial charge in [0.25, 0.3) is 0 Å². The highest BCUT2D eigenvalue weighted by atomic mass is 19.1. The second kappa shape index (κ2) is 10.6. The lowest BCUT2D eigenvalue weighted by Crippen LogP contribution is -2.36. The molecule has 0 amide bonds. The normalized spacial score (nSPS) is 20.5. The molecule has 220 valence electrons. The summed E-state index contributed by atoms with van der Waals surface area (Å²) in [5, 5.41) is 18.5. The molecule has 3 aliphatic rings. The van der Waals surface area contributed by atoms with Crippen LogP contribution in [0.3, 0.4) is 0 Å². The molecule has 4 aromatic rings. The van der Waals surface area contributed by atoms with Crippen molar-refractivity contribution in [3.63, 3.8) is 0 Å². The van der Waals surface area contributed by atoms with E-state index in [1.807, 2.05) is 11.0 Å². The molecule has 9 nitrogen and oxygen atoms in total. The lowest BCUT2D eigenvalue weighted by Gasteiger charge is -2.34. The number of carbonyl (C=O) groups is 1. The van der Waals surface area contributed by atoms with Gasteiger partial charge in [0, 0.05) is 37.2 Å². The summed E-state index contributed by atoms with van der Waals surface area (Å²) in [6, 6.07) is 13.9. The third kappa shape index (κ3) is 5.06. The van der Waals surface area contributed by atoms with Gasteiger partial charge >= 0.3 is 5.97 Å². The number of carboxylic acids is 1. The van der Waals surface area contributed by atoms with E-state index >= 15 is 0 Å². The fourth-order valence-electron chi connectivity index (χ4n) is 6.40. The molecular weight excluding hydrogens is 556 g/mol. The van der Waals surface area contributed by atoms with E-state index in [9.17, 15) is 18.7 Å². The largest absolute Gasteiger partial charge is 0.478 e. The molecule has 1 spiro atoms. The maximum atomic E-state index is 14.9. The number of nitriles is 1. The van der Waals surface area contributed by atoms with Gasteiger partial charge < -0.3 is 24.0 Å². The molecule has 1 saturated carbocycles. The van der Waals surface area contributed by atoms with Crippen LogP contribution in [0.5, 0.6) is 5.88 Å². The molecule has 2 aromatic carbocycles. The number of pyridine rings is 1. The third-order valence-corrected chi connectivity index (χ3v) is 9.12. The number of hydrogen-bond acceptors (Lipinski definition) is 7. The number of benzene rings is 2. The van der Waals surface area contributed by atoms with Gasteiger partial charge in [-0.15, -0.1) is 0 Å². The minimum atomic E-state index is -0.969. The number of aromatic nitrogens is 3. The molecule has 3 fully saturated rings. The molecule has 7 rings (SSSR count). The van der Waals surface area contributed by atoms with E-state index in [-0.39, 0.29) is 52.4 Å². The van der Waals surface area contributed by atoms with Crippen molar-refractivity contribution in [2.24, 2.45) is 5.41 Å². The summed E-state index contributed by atoms with van der Waals surface area (Å²) in [5.74, 6) is -0.364. The average Bonchev–Trinajstić information content (AvgIpc) is 3.55. The summed E-state index contributed by atoms with van der Waals surface area (Å²) in [6.07, 6.45) is 3.70. The van der Waals surface area contributed by atoms with Crippen molar-refractivity contribution >= 4 is 22.8 Å². The van der Waals surface area contributed by atoms with Crippen molar-refractivity contribution in [1.29, 1.82) is 5.26 Å². The topological polar surface area (TPSA) is 114 Å². The fraction of sp³-hybridized carbons (Fsp3) is 0.375. The lowest BCUT2D eigenvalue weighted by molar-refractivity contribution is -0.0590. The zero-order chi connectivity index (χ0) is 29.7.